The number of oxazole rings is 1. The van der Waals surface area contributed by atoms with Crippen molar-refractivity contribution >= 4 is 0 Å². The molecule has 2 N–H and O–H groups in total. The molecule has 1 saturated heterocycles. The van der Waals surface area contributed by atoms with E-state index in [1.54, 1.807) is 0 Å². The van der Waals surface area contributed by atoms with Gasteiger partial charge in [0.2, 0.25) is 5.89 Å². The Bertz CT molecular complexity index is 530. The molecule has 1 aromatic heterocycles. The summed E-state index contributed by atoms with van der Waals surface area (Å²) < 4.78 is 5.85. The van der Waals surface area contributed by atoms with Crippen molar-refractivity contribution in [2.75, 3.05) is 19.6 Å². The number of hydrogen-bond donors (Lipinski definition) is 1. The summed E-state index contributed by atoms with van der Waals surface area (Å²) in [5.41, 5.74) is 6.80. The van der Waals surface area contributed by atoms with Crippen LogP contribution in [-0.2, 0) is 6.54 Å². The van der Waals surface area contributed by atoms with E-state index in [9.17, 15) is 0 Å². The van der Waals surface area contributed by atoms with Crippen molar-refractivity contribution in [2.45, 2.75) is 19.4 Å². The highest BCUT2D eigenvalue weighted by molar-refractivity contribution is 5.55. The molecule has 1 fully saturated rings. The number of aromatic nitrogens is 1. The van der Waals surface area contributed by atoms with Gasteiger partial charge in [-0.05, 0) is 38.4 Å². The van der Waals surface area contributed by atoms with Crippen molar-refractivity contribution in [2.24, 2.45) is 11.7 Å². The van der Waals surface area contributed by atoms with E-state index in [0.29, 0.717) is 5.92 Å². The van der Waals surface area contributed by atoms with Crippen molar-refractivity contribution in [3.05, 3.63) is 42.4 Å². The maximum atomic E-state index is 5.85. The summed E-state index contributed by atoms with van der Waals surface area (Å²) in [5.74, 6) is 2.34. The van der Waals surface area contributed by atoms with Crippen LogP contribution in [0.1, 0.15) is 18.7 Å². The third-order valence-corrected chi connectivity index (χ3v) is 4.01. The predicted octanol–water partition coefficient (Wildman–Crippen LogP) is 2.51. The van der Waals surface area contributed by atoms with E-state index >= 15 is 0 Å². The van der Waals surface area contributed by atoms with Crippen LogP contribution < -0.4 is 5.73 Å². The molecule has 1 aromatic carbocycles. The standard InChI is InChI=1S/C16H21N3O/c17-10-13-6-8-19(9-7-13)12-16-18-11-15(20-16)14-4-2-1-3-5-14/h1-5,11,13H,6-10,12,17H2. The van der Waals surface area contributed by atoms with Crippen LogP contribution in [0.2, 0.25) is 0 Å². The number of nitrogens with zero attached hydrogens (tertiary/aromatic N) is 2. The van der Waals surface area contributed by atoms with E-state index in [1.807, 2.05) is 36.5 Å². The number of nitrogens with two attached hydrogens (primary N) is 1. The molecule has 0 atom stereocenters. The lowest BCUT2D eigenvalue weighted by molar-refractivity contribution is 0.167. The fourth-order valence-electron chi connectivity index (χ4n) is 2.69. The zero-order valence-electron chi connectivity index (χ0n) is 11.7. The lowest BCUT2D eigenvalue weighted by Crippen LogP contribution is -2.35. The van der Waals surface area contributed by atoms with Gasteiger partial charge in [-0.25, -0.2) is 4.98 Å². The molecule has 4 heteroatoms. The monoisotopic (exact) mass is 271 g/mol. The topological polar surface area (TPSA) is 55.3 Å². The maximum Gasteiger partial charge on any atom is 0.209 e. The molecule has 1 aliphatic heterocycles. The summed E-state index contributed by atoms with van der Waals surface area (Å²) in [6, 6.07) is 10.1. The zero-order valence-corrected chi connectivity index (χ0v) is 11.7. The molecule has 0 radical (unpaired) electrons. The molecular formula is C16H21N3O. The first kappa shape index (κ1) is 13.3. The molecule has 2 aromatic rings. The molecule has 20 heavy (non-hydrogen) atoms. The van der Waals surface area contributed by atoms with Crippen molar-refractivity contribution in [1.29, 1.82) is 0 Å². The van der Waals surface area contributed by atoms with Crippen LogP contribution in [0.4, 0.5) is 0 Å². The minimum atomic E-state index is 0.690. The van der Waals surface area contributed by atoms with Crippen LogP contribution in [0.5, 0.6) is 0 Å². The highest BCUT2D eigenvalue weighted by Crippen LogP contribution is 2.22. The zero-order chi connectivity index (χ0) is 13.8. The third-order valence-electron chi connectivity index (χ3n) is 4.01. The van der Waals surface area contributed by atoms with E-state index in [0.717, 1.165) is 43.4 Å². The van der Waals surface area contributed by atoms with Gasteiger partial charge in [0.05, 0.1) is 12.7 Å². The van der Waals surface area contributed by atoms with Gasteiger partial charge in [0.1, 0.15) is 0 Å². The van der Waals surface area contributed by atoms with Crippen LogP contribution in [0.15, 0.2) is 40.9 Å². The molecule has 0 amide bonds. The molecule has 3 rings (SSSR count). The van der Waals surface area contributed by atoms with Gasteiger partial charge in [0, 0.05) is 5.56 Å². The van der Waals surface area contributed by atoms with Gasteiger partial charge in [-0.1, -0.05) is 30.3 Å². The van der Waals surface area contributed by atoms with Crippen LogP contribution in [0, 0.1) is 5.92 Å². The van der Waals surface area contributed by atoms with Crippen LogP contribution in [-0.4, -0.2) is 29.5 Å². The first-order chi connectivity index (χ1) is 9.85. The highest BCUT2D eigenvalue weighted by atomic mass is 16.4. The van der Waals surface area contributed by atoms with Crippen molar-refractivity contribution in [3.8, 4) is 11.3 Å². The largest absolute Gasteiger partial charge is 0.439 e. The first-order valence-corrected chi connectivity index (χ1v) is 7.27. The van der Waals surface area contributed by atoms with Crippen LogP contribution in [0.25, 0.3) is 11.3 Å². The minimum Gasteiger partial charge on any atom is -0.439 e. The molecular weight excluding hydrogens is 250 g/mol. The van der Waals surface area contributed by atoms with Crippen molar-refractivity contribution in [3.63, 3.8) is 0 Å². The molecule has 0 saturated carbocycles. The highest BCUT2D eigenvalue weighted by Gasteiger charge is 2.19. The van der Waals surface area contributed by atoms with Gasteiger partial charge in [0.15, 0.2) is 5.76 Å². The Morgan fingerprint density at radius 3 is 2.65 bits per heavy atom. The van der Waals surface area contributed by atoms with Crippen molar-refractivity contribution in [1.82, 2.24) is 9.88 Å². The number of benzene rings is 1. The minimum absolute atomic E-state index is 0.690. The van der Waals surface area contributed by atoms with Gasteiger partial charge in [-0.15, -0.1) is 0 Å². The molecule has 4 nitrogen and oxygen atoms in total. The van der Waals surface area contributed by atoms with E-state index in [2.05, 4.69) is 9.88 Å². The third kappa shape index (κ3) is 3.08. The Kier molecular flexibility index (Phi) is 4.14. The van der Waals surface area contributed by atoms with Crippen molar-refractivity contribution < 1.29 is 4.42 Å². The Labute approximate surface area is 119 Å². The summed E-state index contributed by atoms with van der Waals surface area (Å²) in [4.78, 5) is 6.79. The molecule has 0 aliphatic carbocycles. The van der Waals surface area contributed by atoms with Gasteiger partial charge < -0.3 is 10.2 Å². The van der Waals surface area contributed by atoms with Gasteiger partial charge in [-0.2, -0.15) is 0 Å². The first-order valence-electron chi connectivity index (χ1n) is 7.27. The quantitative estimate of drug-likeness (QED) is 0.928. The predicted molar refractivity (Wildman–Crippen MR) is 79.0 cm³/mol. The average Bonchev–Trinajstić information content (AvgIpc) is 2.97. The normalized spacial score (nSPS) is 17.4. The SMILES string of the molecule is NCC1CCN(Cc2ncc(-c3ccccc3)o2)CC1. The van der Waals surface area contributed by atoms with E-state index in [1.165, 1.54) is 12.8 Å². The second kappa shape index (κ2) is 6.20. The summed E-state index contributed by atoms with van der Waals surface area (Å²) in [6.07, 6.45) is 4.18. The molecule has 0 unspecified atom stereocenters. The molecule has 106 valence electrons. The second-order valence-electron chi connectivity index (χ2n) is 5.44. The molecule has 2 heterocycles. The summed E-state index contributed by atoms with van der Waals surface area (Å²) >= 11 is 0. The number of rotatable bonds is 4. The molecule has 1 aliphatic rings. The second-order valence-corrected chi connectivity index (χ2v) is 5.44. The van der Waals surface area contributed by atoms with Gasteiger partial charge >= 0.3 is 0 Å². The lowest BCUT2D eigenvalue weighted by Gasteiger charge is -2.30. The Morgan fingerprint density at radius 2 is 1.95 bits per heavy atom. The molecule has 0 bridgehead atoms. The summed E-state index contributed by atoms with van der Waals surface area (Å²) in [7, 11) is 0. The van der Waals surface area contributed by atoms with E-state index < -0.39 is 0 Å². The fourth-order valence-corrected chi connectivity index (χ4v) is 2.69. The van der Waals surface area contributed by atoms with Crippen LogP contribution in [0.3, 0.4) is 0 Å². The smallest absolute Gasteiger partial charge is 0.209 e. The number of piperidine rings is 1. The summed E-state index contributed by atoms with van der Waals surface area (Å²) in [5, 5.41) is 0. The number of likely N-dealkylation sites (tertiary alicyclic amines) is 1. The molecule has 0 spiro atoms. The fraction of sp³-hybridized carbons (Fsp3) is 0.438. The Balaban J connectivity index is 1.61. The Hall–Kier alpha value is -1.65. The van der Waals surface area contributed by atoms with E-state index in [-0.39, 0.29) is 0 Å². The average molecular weight is 271 g/mol. The maximum absolute atomic E-state index is 5.85. The lowest BCUT2D eigenvalue weighted by atomic mass is 9.97. The summed E-state index contributed by atoms with van der Waals surface area (Å²) in [6.45, 7) is 3.78. The number of hydrogen-bond acceptors (Lipinski definition) is 4. The van der Waals surface area contributed by atoms with Gasteiger partial charge in [0.25, 0.3) is 0 Å². The van der Waals surface area contributed by atoms with Gasteiger partial charge in [-0.3, -0.25) is 4.90 Å². The Morgan fingerprint density at radius 1 is 1.20 bits per heavy atom. The van der Waals surface area contributed by atoms with Crippen LogP contribution >= 0.6 is 0 Å². The van der Waals surface area contributed by atoms with E-state index in [4.69, 9.17) is 10.2 Å².